The van der Waals surface area contributed by atoms with Gasteiger partial charge in [0.2, 0.25) is 0 Å². The molecule has 2 amide bonds. The third-order valence-electron chi connectivity index (χ3n) is 6.44. The Morgan fingerprint density at radius 1 is 1.19 bits per heavy atom. The Hall–Kier alpha value is -1.75. The Bertz CT molecular complexity index is 737. The number of hydrogen-bond acceptors (Lipinski definition) is 4. The number of methoxy groups -OCH3 is 1. The summed E-state index contributed by atoms with van der Waals surface area (Å²) >= 11 is 0. The van der Waals surface area contributed by atoms with E-state index >= 15 is 0 Å². The minimum atomic E-state index is -0.329. The molecule has 9 heteroatoms. The van der Waals surface area contributed by atoms with Gasteiger partial charge in [-0.3, -0.25) is 9.89 Å². The molecule has 2 aliphatic heterocycles. The van der Waals surface area contributed by atoms with Gasteiger partial charge >= 0.3 is 6.03 Å². The van der Waals surface area contributed by atoms with E-state index in [-0.39, 0.29) is 30.0 Å². The molecule has 2 saturated heterocycles. The standard InChI is InChI=1S/C23H38N6O2.HI/c1-4-25-23(27-19-11-14-29(15-12-19)22(24)30)26-16-18-6-5-13-28(2)21(18)17-7-9-20(31-3)10-8-17;/h7-10,18-19,21H,4-6,11-16H2,1-3H3,(H2,24,30)(H2,25,26,27);1H. The smallest absolute Gasteiger partial charge is 0.314 e. The van der Waals surface area contributed by atoms with Crippen LogP contribution in [0, 0.1) is 5.92 Å². The van der Waals surface area contributed by atoms with Crippen LogP contribution in [-0.4, -0.2) is 74.7 Å². The molecule has 2 aliphatic rings. The summed E-state index contributed by atoms with van der Waals surface area (Å²) in [6.45, 7) is 6.17. The summed E-state index contributed by atoms with van der Waals surface area (Å²) in [6, 6.07) is 8.77. The predicted molar refractivity (Wildman–Crippen MR) is 140 cm³/mol. The molecule has 3 rings (SSSR count). The van der Waals surface area contributed by atoms with Gasteiger partial charge in [0.05, 0.1) is 7.11 Å². The first-order chi connectivity index (χ1) is 15.0. The highest BCUT2D eigenvalue weighted by Gasteiger charge is 2.30. The van der Waals surface area contributed by atoms with Gasteiger partial charge in [-0.25, -0.2) is 4.79 Å². The zero-order valence-corrected chi connectivity index (χ0v) is 21.9. The van der Waals surface area contributed by atoms with E-state index in [9.17, 15) is 4.79 Å². The molecule has 0 radical (unpaired) electrons. The van der Waals surface area contributed by atoms with Crippen LogP contribution in [0.15, 0.2) is 29.3 Å². The van der Waals surface area contributed by atoms with Crippen molar-refractivity contribution >= 4 is 36.0 Å². The molecule has 0 spiro atoms. The van der Waals surface area contributed by atoms with Gasteiger partial charge in [-0.2, -0.15) is 0 Å². The number of hydrogen-bond donors (Lipinski definition) is 3. The van der Waals surface area contributed by atoms with Crippen molar-refractivity contribution in [3.8, 4) is 5.75 Å². The van der Waals surface area contributed by atoms with E-state index < -0.39 is 0 Å². The zero-order valence-electron chi connectivity index (χ0n) is 19.5. The zero-order chi connectivity index (χ0) is 22.2. The second kappa shape index (κ2) is 13.1. The van der Waals surface area contributed by atoms with Gasteiger partial charge in [0.15, 0.2) is 5.96 Å². The number of carbonyl (C=O) groups is 1. The van der Waals surface area contributed by atoms with Gasteiger partial charge in [0.25, 0.3) is 0 Å². The maximum absolute atomic E-state index is 11.4. The maximum atomic E-state index is 11.4. The largest absolute Gasteiger partial charge is 0.497 e. The van der Waals surface area contributed by atoms with Gasteiger partial charge in [0, 0.05) is 38.3 Å². The van der Waals surface area contributed by atoms with Crippen molar-refractivity contribution < 1.29 is 9.53 Å². The lowest BCUT2D eigenvalue weighted by atomic mass is 9.85. The van der Waals surface area contributed by atoms with Crippen molar-refractivity contribution in [2.75, 3.05) is 46.9 Å². The number of guanidine groups is 1. The monoisotopic (exact) mass is 558 g/mol. The summed E-state index contributed by atoms with van der Waals surface area (Å²) < 4.78 is 5.33. The Morgan fingerprint density at radius 3 is 2.47 bits per heavy atom. The summed E-state index contributed by atoms with van der Waals surface area (Å²) in [6.07, 6.45) is 4.13. The fourth-order valence-corrected chi connectivity index (χ4v) is 4.74. The molecule has 4 N–H and O–H groups in total. The lowest BCUT2D eigenvalue weighted by Gasteiger charge is -2.39. The summed E-state index contributed by atoms with van der Waals surface area (Å²) in [5.41, 5.74) is 6.72. The first-order valence-electron chi connectivity index (χ1n) is 11.4. The molecule has 2 atom stereocenters. The summed E-state index contributed by atoms with van der Waals surface area (Å²) in [7, 11) is 3.91. The first-order valence-corrected chi connectivity index (χ1v) is 11.4. The Morgan fingerprint density at radius 2 is 1.88 bits per heavy atom. The van der Waals surface area contributed by atoms with Gasteiger partial charge in [0.1, 0.15) is 5.75 Å². The van der Waals surface area contributed by atoms with E-state index in [0.717, 1.165) is 44.2 Å². The van der Waals surface area contributed by atoms with E-state index in [0.29, 0.717) is 31.1 Å². The van der Waals surface area contributed by atoms with Crippen molar-refractivity contribution in [1.82, 2.24) is 20.4 Å². The number of likely N-dealkylation sites (tertiary alicyclic amines) is 2. The highest BCUT2D eigenvalue weighted by atomic mass is 127. The second-order valence-electron chi connectivity index (χ2n) is 8.56. The van der Waals surface area contributed by atoms with Crippen LogP contribution in [0.4, 0.5) is 4.79 Å². The van der Waals surface area contributed by atoms with Crippen molar-refractivity contribution in [2.24, 2.45) is 16.6 Å². The number of ether oxygens (including phenoxy) is 1. The molecule has 0 bridgehead atoms. The minimum Gasteiger partial charge on any atom is -0.497 e. The van der Waals surface area contributed by atoms with Crippen molar-refractivity contribution in [3.05, 3.63) is 29.8 Å². The first kappa shape index (κ1) is 26.5. The number of aliphatic imine (C=N–C) groups is 1. The molecule has 2 unspecified atom stereocenters. The van der Waals surface area contributed by atoms with Crippen molar-refractivity contribution in [1.29, 1.82) is 0 Å². The summed E-state index contributed by atoms with van der Waals surface area (Å²) in [4.78, 5) is 20.5. The number of benzene rings is 1. The maximum Gasteiger partial charge on any atom is 0.314 e. The molecule has 0 aromatic heterocycles. The highest BCUT2D eigenvalue weighted by molar-refractivity contribution is 14.0. The molecule has 0 aliphatic carbocycles. The third kappa shape index (κ3) is 7.13. The van der Waals surface area contributed by atoms with E-state index in [2.05, 4.69) is 41.6 Å². The molecular weight excluding hydrogens is 519 g/mol. The SMILES string of the molecule is CCNC(=NCC1CCCN(C)C1c1ccc(OC)cc1)NC1CCN(C(N)=O)CC1.I. The molecule has 2 fully saturated rings. The van der Waals surface area contributed by atoms with Crippen LogP contribution in [0.3, 0.4) is 0 Å². The normalized spacial score (nSPS) is 22.7. The average molecular weight is 559 g/mol. The molecule has 8 nitrogen and oxygen atoms in total. The van der Waals surface area contributed by atoms with Gasteiger partial charge in [-0.05, 0) is 69.8 Å². The molecule has 2 heterocycles. The number of nitrogens with one attached hydrogen (secondary N) is 2. The lowest BCUT2D eigenvalue weighted by molar-refractivity contribution is 0.125. The number of urea groups is 1. The van der Waals surface area contributed by atoms with E-state index in [1.807, 2.05) is 12.1 Å². The molecule has 32 heavy (non-hydrogen) atoms. The predicted octanol–water partition coefficient (Wildman–Crippen LogP) is 2.79. The molecular formula is C23H39IN6O2. The number of halogens is 1. The Kier molecular flexibility index (Phi) is 10.8. The van der Waals surface area contributed by atoms with Crippen LogP contribution in [0.2, 0.25) is 0 Å². The van der Waals surface area contributed by atoms with Crippen LogP contribution < -0.4 is 21.1 Å². The number of nitrogens with zero attached hydrogens (tertiary/aromatic N) is 3. The number of primary amides is 1. The molecule has 0 saturated carbocycles. The summed E-state index contributed by atoms with van der Waals surface area (Å²) in [5.74, 6) is 2.21. The topological polar surface area (TPSA) is 95.2 Å². The van der Waals surface area contributed by atoms with Crippen LogP contribution in [0.1, 0.15) is 44.2 Å². The van der Waals surface area contributed by atoms with Crippen LogP contribution in [0.25, 0.3) is 0 Å². The average Bonchev–Trinajstić information content (AvgIpc) is 2.78. The Balaban J connectivity index is 0.00000363. The number of rotatable bonds is 6. The quantitative estimate of drug-likeness (QED) is 0.284. The van der Waals surface area contributed by atoms with Crippen LogP contribution >= 0.6 is 24.0 Å². The van der Waals surface area contributed by atoms with E-state index in [4.69, 9.17) is 15.5 Å². The summed E-state index contributed by atoms with van der Waals surface area (Å²) in [5, 5.41) is 6.95. The van der Waals surface area contributed by atoms with Gasteiger partial charge in [-0.1, -0.05) is 12.1 Å². The fraction of sp³-hybridized carbons (Fsp3) is 0.652. The highest BCUT2D eigenvalue weighted by Crippen LogP contribution is 2.35. The van der Waals surface area contributed by atoms with Crippen LogP contribution in [-0.2, 0) is 0 Å². The number of nitrogens with two attached hydrogens (primary N) is 1. The second-order valence-corrected chi connectivity index (χ2v) is 8.56. The van der Waals surface area contributed by atoms with Crippen molar-refractivity contribution in [2.45, 2.75) is 44.7 Å². The van der Waals surface area contributed by atoms with Gasteiger partial charge in [-0.15, -0.1) is 24.0 Å². The van der Waals surface area contributed by atoms with E-state index in [1.165, 1.54) is 18.4 Å². The third-order valence-corrected chi connectivity index (χ3v) is 6.44. The minimum absolute atomic E-state index is 0. The molecule has 1 aromatic rings. The van der Waals surface area contributed by atoms with E-state index in [1.54, 1.807) is 12.0 Å². The number of amides is 2. The van der Waals surface area contributed by atoms with Gasteiger partial charge < -0.3 is 26.0 Å². The molecule has 180 valence electrons. The number of piperidine rings is 2. The molecule has 1 aromatic carbocycles. The Labute approximate surface area is 209 Å². The van der Waals surface area contributed by atoms with Crippen LogP contribution in [0.5, 0.6) is 5.75 Å². The van der Waals surface area contributed by atoms with Crippen molar-refractivity contribution in [3.63, 3.8) is 0 Å². The number of carbonyl (C=O) groups excluding carboxylic acids is 1. The fourth-order valence-electron chi connectivity index (χ4n) is 4.74. The lowest BCUT2D eigenvalue weighted by Crippen LogP contribution is -2.51.